The van der Waals surface area contributed by atoms with Crippen LogP contribution >= 0.6 is 0 Å². The first-order valence-corrected chi connectivity index (χ1v) is 7.83. The van der Waals surface area contributed by atoms with Crippen LogP contribution < -0.4 is 4.90 Å². The number of H-pyrrole nitrogens is 1. The molecule has 2 atom stereocenters. The van der Waals surface area contributed by atoms with Gasteiger partial charge in [0.2, 0.25) is 5.95 Å². The Morgan fingerprint density at radius 2 is 1.91 bits per heavy atom. The van der Waals surface area contributed by atoms with Gasteiger partial charge in [-0.1, -0.05) is 30.3 Å². The molecular formula is C16H20N4O2. The van der Waals surface area contributed by atoms with E-state index in [0.29, 0.717) is 0 Å². The van der Waals surface area contributed by atoms with Crippen LogP contribution in [0.15, 0.2) is 30.3 Å². The number of benzene rings is 1. The second kappa shape index (κ2) is 6.06. The predicted octanol–water partition coefficient (Wildman–Crippen LogP) is 1.89. The fourth-order valence-corrected chi connectivity index (χ4v) is 3.18. The van der Waals surface area contributed by atoms with E-state index < -0.39 is 0 Å². The quantitative estimate of drug-likeness (QED) is 0.938. The average Bonchev–Trinajstić information content (AvgIpc) is 3.25. The maximum atomic E-state index is 5.94. The van der Waals surface area contributed by atoms with Crippen molar-refractivity contribution in [3.8, 4) is 0 Å². The van der Waals surface area contributed by atoms with Crippen LogP contribution in [-0.4, -0.2) is 48.1 Å². The summed E-state index contributed by atoms with van der Waals surface area (Å²) in [6.45, 7) is 3.94. The van der Waals surface area contributed by atoms with E-state index in [1.807, 2.05) is 18.2 Å². The van der Waals surface area contributed by atoms with E-state index in [0.717, 1.165) is 51.1 Å². The second-order valence-corrected chi connectivity index (χ2v) is 5.72. The standard InChI is InChI=1S/C16H20N4O2/c1-2-4-12(5-3-1)14-13(6-9-22-14)15-17-16(19-18-15)20-7-10-21-11-8-20/h1-5,13-14H,6-11H2,(H,17,18,19)/t13-,14+/m0/s1. The Kier molecular flexibility index (Phi) is 3.78. The minimum Gasteiger partial charge on any atom is -0.378 e. The highest BCUT2D eigenvalue weighted by molar-refractivity contribution is 5.31. The van der Waals surface area contributed by atoms with Gasteiger partial charge in [-0.3, -0.25) is 5.10 Å². The summed E-state index contributed by atoms with van der Waals surface area (Å²) in [5.74, 6) is 1.94. The van der Waals surface area contributed by atoms with Crippen molar-refractivity contribution >= 4 is 5.95 Å². The fraction of sp³-hybridized carbons (Fsp3) is 0.500. The van der Waals surface area contributed by atoms with Gasteiger partial charge in [-0.15, -0.1) is 5.10 Å². The molecule has 0 bridgehead atoms. The molecule has 0 unspecified atom stereocenters. The SMILES string of the molecule is c1ccc([C@H]2OCC[C@@H]2c2nc(N3CCOCC3)n[nH]2)cc1. The molecule has 22 heavy (non-hydrogen) atoms. The third-order valence-corrected chi connectivity index (χ3v) is 4.36. The second-order valence-electron chi connectivity index (χ2n) is 5.72. The summed E-state index contributed by atoms with van der Waals surface area (Å²) in [6.07, 6.45) is 1.03. The lowest BCUT2D eigenvalue weighted by atomic mass is 9.95. The highest BCUT2D eigenvalue weighted by Gasteiger charge is 2.33. The third kappa shape index (κ3) is 2.60. The van der Waals surface area contributed by atoms with E-state index in [4.69, 9.17) is 14.5 Å². The van der Waals surface area contributed by atoms with E-state index in [1.54, 1.807) is 0 Å². The average molecular weight is 300 g/mol. The molecule has 1 aromatic carbocycles. The molecule has 3 heterocycles. The monoisotopic (exact) mass is 300 g/mol. The highest BCUT2D eigenvalue weighted by Crippen LogP contribution is 2.40. The number of anilines is 1. The van der Waals surface area contributed by atoms with Gasteiger partial charge in [0.25, 0.3) is 0 Å². The Morgan fingerprint density at radius 1 is 1.09 bits per heavy atom. The molecule has 2 aliphatic heterocycles. The van der Waals surface area contributed by atoms with Crippen molar-refractivity contribution in [1.29, 1.82) is 0 Å². The van der Waals surface area contributed by atoms with Gasteiger partial charge in [0.1, 0.15) is 5.82 Å². The summed E-state index contributed by atoms with van der Waals surface area (Å²) in [5, 5.41) is 7.51. The van der Waals surface area contributed by atoms with Crippen molar-refractivity contribution in [1.82, 2.24) is 15.2 Å². The third-order valence-electron chi connectivity index (χ3n) is 4.36. The number of rotatable bonds is 3. The lowest BCUT2D eigenvalue weighted by molar-refractivity contribution is 0.103. The van der Waals surface area contributed by atoms with Crippen LogP contribution in [0.25, 0.3) is 0 Å². The van der Waals surface area contributed by atoms with Gasteiger partial charge >= 0.3 is 0 Å². The van der Waals surface area contributed by atoms with Crippen molar-refractivity contribution < 1.29 is 9.47 Å². The van der Waals surface area contributed by atoms with Crippen LogP contribution in [0, 0.1) is 0 Å². The number of hydrogen-bond donors (Lipinski definition) is 1. The van der Waals surface area contributed by atoms with E-state index >= 15 is 0 Å². The minimum atomic E-state index is 0.0617. The Balaban J connectivity index is 1.55. The van der Waals surface area contributed by atoms with Crippen LogP contribution in [0.5, 0.6) is 0 Å². The van der Waals surface area contributed by atoms with Gasteiger partial charge in [0.05, 0.1) is 25.2 Å². The molecule has 4 rings (SSSR count). The number of aromatic amines is 1. The number of aromatic nitrogens is 3. The summed E-state index contributed by atoms with van der Waals surface area (Å²) >= 11 is 0. The van der Waals surface area contributed by atoms with E-state index in [9.17, 15) is 0 Å². The first-order valence-electron chi connectivity index (χ1n) is 7.83. The Morgan fingerprint density at radius 3 is 2.73 bits per heavy atom. The molecule has 1 N–H and O–H groups in total. The van der Waals surface area contributed by atoms with Crippen molar-refractivity contribution in [3.63, 3.8) is 0 Å². The Bertz CT molecular complexity index is 610. The molecule has 0 saturated carbocycles. The number of ether oxygens (including phenoxy) is 2. The molecule has 6 heteroatoms. The first-order chi connectivity index (χ1) is 10.9. The van der Waals surface area contributed by atoms with Crippen molar-refractivity contribution in [2.45, 2.75) is 18.4 Å². The van der Waals surface area contributed by atoms with Crippen LogP contribution in [0.3, 0.4) is 0 Å². The molecule has 2 saturated heterocycles. The Labute approximate surface area is 129 Å². The van der Waals surface area contributed by atoms with Crippen LogP contribution in [-0.2, 0) is 9.47 Å². The topological polar surface area (TPSA) is 63.3 Å². The summed E-state index contributed by atoms with van der Waals surface area (Å²) in [6, 6.07) is 10.4. The van der Waals surface area contributed by atoms with Gasteiger partial charge < -0.3 is 14.4 Å². The molecule has 0 spiro atoms. The molecule has 1 aromatic heterocycles. The van der Waals surface area contributed by atoms with E-state index in [2.05, 4.69) is 27.2 Å². The zero-order valence-electron chi connectivity index (χ0n) is 12.4. The van der Waals surface area contributed by atoms with Gasteiger partial charge in [0, 0.05) is 19.7 Å². The molecule has 2 fully saturated rings. The van der Waals surface area contributed by atoms with Crippen molar-refractivity contribution in [3.05, 3.63) is 41.7 Å². The van der Waals surface area contributed by atoms with Crippen LogP contribution in [0.1, 0.15) is 29.8 Å². The number of hydrogen-bond acceptors (Lipinski definition) is 5. The number of nitrogens with one attached hydrogen (secondary N) is 1. The summed E-state index contributed by atoms with van der Waals surface area (Å²) in [5.41, 5.74) is 1.20. The molecule has 6 nitrogen and oxygen atoms in total. The maximum Gasteiger partial charge on any atom is 0.244 e. The van der Waals surface area contributed by atoms with E-state index in [1.165, 1.54) is 5.56 Å². The zero-order valence-corrected chi connectivity index (χ0v) is 12.4. The lowest BCUT2D eigenvalue weighted by Crippen LogP contribution is -2.36. The molecular weight excluding hydrogens is 280 g/mol. The summed E-state index contributed by atoms with van der Waals surface area (Å²) in [4.78, 5) is 6.88. The summed E-state index contributed by atoms with van der Waals surface area (Å²) < 4.78 is 11.3. The molecule has 116 valence electrons. The normalized spacial score (nSPS) is 25.5. The fourth-order valence-electron chi connectivity index (χ4n) is 3.18. The number of nitrogens with zero attached hydrogens (tertiary/aromatic N) is 3. The highest BCUT2D eigenvalue weighted by atomic mass is 16.5. The lowest BCUT2D eigenvalue weighted by Gasteiger charge is -2.25. The van der Waals surface area contributed by atoms with Gasteiger partial charge in [0.15, 0.2) is 0 Å². The van der Waals surface area contributed by atoms with Gasteiger partial charge in [-0.25, -0.2) is 0 Å². The molecule has 2 aliphatic rings. The molecule has 2 aromatic rings. The number of morpholine rings is 1. The zero-order chi connectivity index (χ0) is 14.8. The smallest absolute Gasteiger partial charge is 0.244 e. The van der Waals surface area contributed by atoms with Gasteiger partial charge in [-0.2, -0.15) is 4.98 Å². The largest absolute Gasteiger partial charge is 0.378 e. The minimum absolute atomic E-state index is 0.0617. The predicted molar refractivity (Wildman–Crippen MR) is 81.9 cm³/mol. The molecule has 0 amide bonds. The first kappa shape index (κ1) is 13.7. The maximum absolute atomic E-state index is 5.94. The molecule has 0 aliphatic carbocycles. The Hall–Kier alpha value is -1.92. The molecule has 0 radical (unpaired) electrons. The van der Waals surface area contributed by atoms with Crippen molar-refractivity contribution in [2.24, 2.45) is 0 Å². The van der Waals surface area contributed by atoms with Crippen LogP contribution in [0.4, 0.5) is 5.95 Å². The van der Waals surface area contributed by atoms with Crippen molar-refractivity contribution in [2.75, 3.05) is 37.8 Å². The van der Waals surface area contributed by atoms with E-state index in [-0.39, 0.29) is 12.0 Å². The summed E-state index contributed by atoms with van der Waals surface area (Å²) in [7, 11) is 0. The van der Waals surface area contributed by atoms with Crippen LogP contribution in [0.2, 0.25) is 0 Å². The van der Waals surface area contributed by atoms with Gasteiger partial charge in [-0.05, 0) is 12.0 Å².